The van der Waals surface area contributed by atoms with Crippen LogP contribution in [0.4, 0.5) is 4.79 Å². The van der Waals surface area contributed by atoms with Gasteiger partial charge in [-0.3, -0.25) is 4.79 Å². The van der Waals surface area contributed by atoms with E-state index in [1.54, 1.807) is 37.3 Å². The van der Waals surface area contributed by atoms with E-state index in [1.807, 2.05) is 0 Å². The summed E-state index contributed by atoms with van der Waals surface area (Å²) in [5.41, 5.74) is 0.489. The van der Waals surface area contributed by atoms with E-state index in [0.29, 0.717) is 49.6 Å². The number of hydrogen-bond acceptors (Lipinski definition) is 5. The number of carbonyl (C=O) groups excluding carboxylic acids is 2. The molecule has 2 amide bonds. The zero-order valence-corrected chi connectivity index (χ0v) is 15.7. The average Bonchev–Trinajstić information content (AvgIpc) is 2.68. The predicted octanol–water partition coefficient (Wildman–Crippen LogP) is 2.83. The molecule has 0 radical (unpaired) electrons. The Hall–Kier alpha value is -2.44. The molecule has 1 aromatic rings. The van der Waals surface area contributed by atoms with Gasteiger partial charge in [0.05, 0.1) is 20.8 Å². The Morgan fingerprint density at radius 1 is 1.12 bits per heavy atom. The number of nitrogens with zero attached hydrogens (tertiary/aromatic N) is 1. The fraction of sp³-hybridized carbons (Fsp3) is 0.579. The zero-order valence-electron chi connectivity index (χ0n) is 15.7. The van der Waals surface area contributed by atoms with Crippen molar-refractivity contribution in [2.75, 3.05) is 33.9 Å². The van der Waals surface area contributed by atoms with E-state index in [9.17, 15) is 9.59 Å². The fourth-order valence-electron chi connectivity index (χ4n) is 2.81. The number of nitrogens with one attached hydrogen (secondary N) is 1. The molecular weight excluding hydrogens is 336 g/mol. The molecule has 1 N–H and O–H groups in total. The lowest BCUT2D eigenvalue weighted by Crippen LogP contribution is -2.46. The van der Waals surface area contributed by atoms with E-state index in [0.717, 1.165) is 12.8 Å². The highest BCUT2D eigenvalue weighted by Crippen LogP contribution is 2.23. The first-order valence-corrected chi connectivity index (χ1v) is 9.03. The maximum atomic E-state index is 12.5. The van der Waals surface area contributed by atoms with E-state index in [-0.39, 0.29) is 18.0 Å². The zero-order chi connectivity index (χ0) is 18.9. The first kappa shape index (κ1) is 19.9. The monoisotopic (exact) mass is 364 g/mol. The lowest BCUT2D eigenvalue weighted by Gasteiger charge is -2.31. The Bertz CT molecular complexity index is 590. The number of amides is 2. The number of methoxy groups -OCH3 is 2. The third-order valence-corrected chi connectivity index (χ3v) is 4.43. The summed E-state index contributed by atoms with van der Waals surface area (Å²) >= 11 is 0. The van der Waals surface area contributed by atoms with Gasteiger partial charge in [0.25, 0.3) is 5.91 Å². The molecule has 0 aromatic heterocycles. The van der Waals surface area contributed by atoms with E-state index < -0.39 is 0 Å². The van der Waals surface area contributed by atoms with Crippen LogP contribution >= 0.6 is 0 Å². The minimum absolute atomic E-state index is 0.0272. The maximum Gasteiger partial charge on any atom is 0.409 e. The molecule has 0 aliphatic carbocycles. The van der Waals surface area contributed by atoms with Crippen molar-refractivity contribution >= 4 is 12.0 Å². The van der Waals surface area contributed by atoms with Gasteiger partial charge in [-0.05, 0) is 31.4 Å². The van der Waals surface area contributed by atoms with Gasteiger partial charge in [0.1, 0.15) is 11.5 Å². The van der Waals surface area contributed by atoms with Gasteiger partial charge in [0.2, 0.25) is 0 Å². The Balaban J connectivity index is 1.85. The smallest absolute Gasteiger partial charge is 0.409 e. The van der Waals surface area contributed by atoms with Crippen LogP contribution in [0.3, 0.4) is 0 Å². The average molecular weight is 364 g/mol. The SMILES string of the molecule is CCCCOC(=O)N1CCC(NC(=O)c2cc(OC)cc(OC)c2)CC1. The van der Waals surface area contributed by atoms with Gasteiger partial charge < -0.3 is 24.4 Å². The number of hydrogen-bond donors (Lipinski definition) is 1. The van der Waals surface area contributed by atoms with Gasteiger partial charge in [0.15, 0.2) is 0 Å². The van der Waals surface area contributed by atoms with Gasteiger partial charge in [-0.15, -0.1) is 0 Å². The summed E-state index contributed by atoms with van der Waals surface area (Å²) in [4.78, 5) is 26.2. The lowest BCUT2D eigenvalue weighted by atomic mass is 10.0. The standard InChI is InChI=1S/C19H28N2O5/c1-4-5-10-26-19(23)21-8-6-15(7-9-21)20-18(22)14-11-16(24-2)13-17(12-14)25-3/h11-13,15H,4-10H2,1-3H3,(H,20,22). The molecule has 0 unspecified atom stereocenters. The van der Waals surface area contributed by atoms with E-state index in [4.69, 9.17) is 14.2 Å². The highest BCUT2D eigenvalue weighted by atomic mass is 16.6. The lowest BCUT2D eigenvalue weighted by molar-refractivity contribution is 0.0836. The molecule has 0 bridgehead atoms. The van der Waals surface area contributed by atoms with Crippen molar-refractivity contribution in [2.24, 2.45) is 0 Å². The van der Waals surface area contributed by atoms with Crippen LogP contribution < -0.4 is 14.8 Å². The Morgan fingerprint density at radius 2 is 1.73 bits per heavy atom. The van der Waals surface area contributed by atoms with Crippen LogP contribution in [0, 0.1) is 0 Å². The topological polar surface area (TPSA) is 77.1 Å². The number of ether oxygens (including phenoxy) is 3. The molecule has 7 heteroatoms. The number of unbranched alkanes of at least 4 members (excludes halogenated alkanes) is 1. The Labute approximate surface area is 154 Å². The van der Waals surface area contributed by atoms with E-state index >= 15 is 0 Å². The second-order valence-electron chi connectivity index (χ2n) is 6.30. The molecule has 1 aliphatic heterocycles. The molecule has 144 valence electrons. The molecule has 2 rings (SSSR count). The summed E-state index contributed by atoms with van der Waals surface area (Å²) in [6.45, 7) is 3.68. The molecule has 1 fully saturated rings. The summed E-state index contributed by atoms with van der Waals surface area (Å²) in [5, 5.41) is 3.02. The number of likely N-dealkylation sites (tertiary alicyclic amines) is 1. The molecular formula is C19H28N2O5. The van der Waals surface area contributed by atoms with Crippen molar-refractivity contribution < 1.29 is 23.8 Å². The molecule has 1 aromatic carbocycles. The Kier molecular flexibility index (Phi) is 7.56. The number of rotatable bonds is 7. The quantitative estimate of drug-likeness (QED) is 0.753. The first-order chi connectivity index (χ1) is 12.6. The summed E-state index contributed by atoms with van der Waals surface area (Å²) in [6, 6.07) is 5.11. The summed E-state index contributed by atoms with van der Waals surface area (Å²) < 4.78 is 15.6. The molecule has 7 nitrogen and oxygen atoms in total. The molecule has 1 heterocycles. The van der Waals surface area contributed by atoms with Gasteiger partial charge in [-0.2, -0.15) is 0 Å². The van der Waals surface area contributed by atoms with Crippen LogP contribution in [0.2, 0.25) is 0 Å². The van der Waals surface area contributed by atoms with Crippen LogP contribution in [0.5, 0.6) is 11.5 Å². The summed E-state index contributed by atoms with van der Waals surface area (Å²) in [5.74, 6) is 0.962. The van der Waals surface area contributed by atoms with E-state index in [1.165, 1.54) is 0 Å². The third-order valence-electron chi connectivity index (χ3n) is 4.43. The molecule has 0 atom stereocenters. The van der Waals surface area contributed by atoms with Crippen molar-refractivity contribution in [2.45, 2.75) is 38.6 Å². The van der Waals surface area contributed by atoms with Crippen LogP contribution in [-0.2, 0) is 4.74 Å². The van der Waals surface area contributed by atoms with Gasteiger partial charge >= 0.3 is 6.09 Å². The molecule has 1 aliphatic rings. The van der Waals surface area contributed by atoms with Crippen LogP contribution in [0.25, 0.3) is 0 Å². The predicted molar refractivity (Wildman–Crippen MR) is 97.9 cm³/mol. The minimum Gasteiger partial charge on any atom is -0.497 e. The number of piperidine rings is 1. The summed E-state index contributed by atoms with van der Waals surface area (Å²) in [7, 11) is 3.09. The van der Waals surface area contributed by atoms with Gasteiger partial charge in [-0.1, -0.05) is 13.3 Å². The molecule has 26 heavy (non-hydrogen) atoms. The second-order valence-corrected chi connectivity index (χ2v) is 6.30. The molecule has 0 spiro atoms. The number of benzene rings is 1. The highest BCUT2D eigenvalue weighted by molar-refractivity contribution is 5.95. The summed E-state index contributed by atoms with van der Waals surface area (Å²) in [6.07, 6.45) is 3.02. The van der Waals surface area contributed by atoms with Crippen molar-refractivity contribution in [3.05, 3.63) is 23.8 Å². The van der Waals surface area contributed by atoms with Crippen molar-refractivity contribution in [3.8, 4) is 11.5 Å². The normalized spacial score (nSPS) is 14.7. The largest absolute Gasteiger partial charge is 0.497 e. The van der Waals surface area contributed by atoms with Crippen molar-refractivity contribution in [3.63, 3.8) is 0 Å². The molecule has 0 saturated carbocycles. The first-order valence-electron chi connectivity index (χ1n) is 9.03. The second kappa shape index (κ2) is 9.89. The third kappa shape index (κ3) is 5.54. The van der Waals surface area contributed by atoms with Crippen LogP contribution in [-0.4, -0.2) is 56.9 Å². The highest BCUT2D eigenvalue weighted by Gasteiger charge is 2.25. The van der Waals surface area contributed by atoms with Crippen LogP contribution in [0.1, 0.15) is 43.0 Å². The van der Waals surface area contributed by atoms with Crippen molar-refractivity contribution in [1.29, 1.82) is 0 Å². The molecule has 1 saturated heterocycles. The minimum atomic E-state index is -0.263. The van der Waals surface area contributed by atoms with Gasteiger partial charge in [0, 0.05) is 30.8 Å². The van der Waals surface area contributed by atoms with Crippen LogP contribution in [0.15, 0.2) is 18.2 Å². The Morgan fingerprint density at radius 3 is 2.27 bits per heavy atom. The van der Waals surface area contributed by atoms with Gasteiger partial charge in [-0.25, -0.2) is 4.79 Å². The number of carbonyl (C=O) groups is 2. The van der Waals surface area contributed by atoms with E-state index in [2.05, 4.69) is 12.2 Å². The fourth-order valence-corrected chi connectivity index (χ4v) is 2.81. The van der Waals surface area contributed by atoms with Crippen molar-refractivity contribution in [1.82, 2.24) is 10.2 Å². The maximum absolute atomic E-state index is 12.5.